The van der Waals surface area contributed by atoms with Gasteiger partial charge in [-0.3, -0.25) is 10.8 Å². The molecule has 0 unspecified atom stereocenters. The molecule has 0 aromatic carbocycles. The largest absolute Gasteiger partial charge is 0.477 e. The van der Waals surface area contributed by atoms with Gasteiger partial charge >= 0.3 is 29.7 Å². The van der Waals surface area contributed by atoms with Crippen molar-refractivity contribution >= 4 is 23.9 Å². The van der Waals surface area contributed by atoms with Crippen molar-refractivity contribution in [1.82, 2.24) is 0 Å². The molecule has 0 radical (unpaired) electrons. The molecular weight excluding hydrogens is 346 g/mol. The van der Waals surface area contributed by atoms with E-state index in [9.17, 15) is 35.9 Å². The molecule has 0 aliphatic carbocycles. The second-order valence-corrected chi connectivity index (χ2v) is 3.24. The van der Waals surface area contributed by atoms with Gasteiger partial charge < -0.3 is 33.1 Å². The minimum atomic E-state index is -6.53. The van der Waals surface area contributed by atoms with E-state index in [0.717, 1.165) is 0 Å². The highest BCUT2D eigenvalue weighted by Gasteiger charge is 2.78. The van der Waals surface area contributed by atoms with E-state index in [4.69, 9.17) is 21.0 Å². The van der Waals surface area contributed by atoms with Crippen molar-refractivity contribution in [3.05, 3.63) is 0 Å². The lowest BCUT2D eigenvalue weighted by Crippen LogP contribution is -2.60. The van der Waals surface area contributed by atoms with Crippen LogP contribution in [0.5, 0.6) is 0 Å². The van der Waals surface area contributed by atoms with Crippen LogP contribution in [0, 0.1) is 10.8 Å². The molecule has 136 valence electrons. The molecule has 0 heterocycles. The topological polar surface area (TPSA) is 226 Å². The normalized spacial score (nSPS) is 11.0. The van der Waals surface area contributed by atoms with Crippen molar-refractivity contribution in [2.75, 3.05) is 0 Å². The van der Waals surface area contributed by atoms with Crippen LogP contribution in [0.2, 0.25) is 0 Å². The number of alkyl halides is 6. The quantitative estimate of drug-likeness (QED) is 0.171. The number of hydrogen-bond acceptors (Lipinski definition) is 4. The van der Waals surface area contributed by atoms with Crippen LogP contribution >= 0.6 is 0 Å². The molecule has 0 atom stereocenters. The van der Waals surface area contributed by atoms with Crippen LogP contribution in [0.3, 0.4) is 0 Å². The van der Waals surface area contributed by atoms with E-state index in [1.54, 1.807) is 0 Å². The van der Waals surface area contributed by atoms with Crippen LogP contribution in [0.4, 0.5) is 26.3 Å². The minimum absolute atomic E-state index is 0.333. The number of carboxylic acid groups (broad SMARTS) is 2. The third-order valence-electron chi connectivity index (χ3n) is 1.33. The maximum atomic E-state index is 12.2. The molecule has 12 N–H and O–H groups in total. The van der Waals surface area contributed by atoms with Crippen molar-refractivity contribution in [1.29, 1.82) is 10.8 Å². The summed E-state index contributed by atoms with van der Waals surface area (Å²) in [5.41, 5.74) is 17.9. The molecule has 0 bridgehead atoms. The van der Waals surface area contributed by atoms with E-state index in [0.29, 0.717) is 0 Å². The van der Waals surface area contributed by atoms with Gasteiger partial charge in [-0.05, 0) is 0 Å². The molecule has 0 aromatic rings. The third kappa shape index (κ3) is 7.58. The predicted molar refractivity (Wildman–Crippen MR) is 62.3 cm³/mol. The van der Waals surface area contributed by atoms with E-state index in [1.165, 1.54) is 0 Å². The number of nitrogens with two attached hydrogens (primary N) is 4. The molecule has 0 amide bonds. The van der Waals surface area contributed by atoms with E-state index in [1.807, 2.05) is 0 Å². The van der Waals surface area contributed by atoms with E-state index in [2.05, 4.69) is 22.9 Å². The van der Waals surface area contributed by atoms with Gasteiger partial charge in [0, 0.05) is 0 Å². The van der Waals surface area contributed by atoms with Crippen LogP contribution in [-0.4, -0.2) is 51.8 Å². The first-order valence-electron chi connectivity index (χ1n) is 4.64. The van der Waals surface area contributed by atoms with Crippen molar-refractivity contribution in [2.45, 2.75) is 17.8 Å². The molecule has 0 saturated heterocycles. The molecule has 0 aliphatic heterocycles. The van der Waals surface area contributed by atoms with Crippen LogP contribution in [0.15, 0.2) is 0 Å². The predicted octanol–water partition coefficient (Wildman–Crippen LogP) is -1.26. The molecule has 0 aromatic heterocycles. The summed E-state index contributed by atoms with van der Waals surface area (Å²) >= 11 is 0. The Kier molecular flexibility index (Phi) is 9.24. The monoisotopic (exact) mass is 358 g/mol. The fraction of sp³-hybridized carbons (Fsp3) is 0.429. The number of rotatable bonds is 4. The van der Waals surface area contributed by atoms with Crippen LogP contribution < -0.4 is 22.9 Å². The van der Waals surface area contributed by atoms with E-state index >= 15 is 0 Å². The van der Waals surface area contributed by atoms with Gasteiger partial charge in [-0.15, -0.1) is 0 Å². The maximum absolute atomic E-state index is 12.2. The van der Waals surface area contributed by atoms with Crippen molar-refractivity contribution < 1.29 is 46.1 Å². The Hall–Kier alpha value is -2.94. The van der Waals surface area contributed by atoms with E-state index < -0.39 is 29.7 Å². The van der Waals surface area contributed by atoms with Gasteiger partial charge in [0.05, 0.1) is 0 Å². The fourth-order valence-corrected chi connectivity index (χ4v) is 0.466. The zero-order valence-electron chi connectivity index (χ0n) is 10.8. The number of guanidine groups is 2. The third-order valence-corrected chi connectivity index (χ3v) is 1.33. The second-order valence-electron chi connectivity index (χ2n) is 3.24. The van der Waals surface area contributed by atoms with Crippen LogP contribution in [0.1, 0.15) is 0 Å². The fourth-order valence-electron chi connectivity index (χ4n) is 0.466. The number of hydrogen-bond donors (Lipinski definition) is 8. The number of carboxylic acids is 2. The molecule has 0 fully saturated rings. The number of nitrogens with one attached hydrogen (secondary N) is 2. The molecule has 16 heteroatoms. The summed E-state index contributed by atoms with van der Waals surface area (Å²) in [6.45, 7) is 0. The summed E-state index contributed by atoms with van der Waals surface area (Å²) in [5.74, 6) is -26.7. The average molecular weight is 358 g/mol. The smallest absolute Gasteiger partial charge is 0.411 e. The summed E-state index contributed by atoms with van der Waals surface area (Å²) in [5, 5.41) is 27.2. The lowest BCUT2D eigenvalue weighted by Gasteiger charge is -2.27. The summed E-state index contributed by atoms with van der Waals surface area (Å²) in [4.78, 5) is 19.2. The average Bonchev–Trinajstić information content (AvgIpc) is 2.26. The maximum Gasteiger partial charge on any atom is 0.411 e. The molecule has 23 heavy (non-hydrogen) atoms. The van der Waals surface area contributed by atoms with Crippen molar-refractivity contribution in [3.63, 3.8) is 0 Å². The summed E-state index contributed by atoms with van der Waals surface area (Å²) in [6, 6.07) is 0. The summed E-state index contributed by atoms with van der Waals surface area (Å²) in [7, 11) is 0. The molecule has 0 aliphatic rings. The highest BCUT2D eigenvalue weighted by atomic mass is 19.3. The molecular formula is C7H12F6N6O4. The van der Waals surface area contributed by atoms with Crippen molar-refractivity contribution in [2.24, 2.45) is 22.9 Å². The Balaban J connectivity index is -0.000000413. The zero-order chi connectivity index (χ0) is 19.8. The van der Waals surface area contributed by atoms with Gasteiger partial charge in [0.25, 0.3) is 0 Å². The summed E-state index contributed by atoms with van der Waals surface area (Å²) in [6.07, 6.45) is 0. The lowest BCUT2D eigenvalue weighted by molar-refractivity contribution is -0.298. The molecule has 0 rings (SSSR count). The second kappa shape index (κ2) is 8.49. The minimum Gasteiger partial charge on any atom is -0.477 e. The SMILES string of the molecule is N=C(N)N.N=C(N)N.O=C(O)C(F)(F)C(F)(F)C(F)(F)C(=O)O. The van der Waals surface area contributed by atoms with Gasteiger partial charge in [0.1, 0.15) is 0 Å². The number of aliphatic carboxylic acids is 2. The van der Waals surface area contributed by atoms with Gasteiger partial charge in [-0.1, -0.05) is 0 Å². The Morgan fingerprint density at radius 1 is 0.696 bits per heavy atom. The molecule has 0 saturated carbocycles. The van der Waals surface area contributed by atoms with Gasteiger partial charge in [0.2, 0.25) is 0 Å². The van der Waals surface area contributed by atoms with Gasteiger partial charge in [0.15, 0.2) is 11.9 Å². The van der Waals surface area contributed by atoms with Crippen LogP contribution in [0.25, 0.3) is 0 Å². The van der Waals surface area contributed by atoms with Crippen molar-refractivity contribution in [3.8, 4) is 0 Å². The van der Waals surface area contributed by atoms with Gasteiger partial charge in [-0.2, -0.15) is 26.3 Å². The molecule has 0 spiro atoms. The first-order chi connectivity index (χ1) is 9.85. The lowest BCUT2D eigenvalue weighted by atomic mass is 10.1. The van der Waals surface area contributed by atoms with Gasteiger partial charge in [-0.25, -0.2) is 9.59 Å². The zero-order valence-corrected chi connectivity index (χ0v) is 10.8. The Morgan fingerprint density at radius 2 is 0.826 bits per heavy atom. The summed E-state index contributed by atoms with van der Waals surface area (Å²) < 4.78 is 72.8. The van der Waals surface area contributed by atoms with E-state index in [-0.39, 0.29) is 11.9 Å². The first kappa shape index (κ1) is 25.0. The molecule has 10 nitrogen and oxygen atoms in total. The Labute approximate surface area is 123 Å². The standard InChI is InChI=1S/C5H2F6O4.2CH5N3/c6-3(7,1(12)13)5(10,11)4(8,9)2(14)15;2*2-1(3)4/h(H,12,13)(H,14,15);2*(H5,2,3,4). The Bertz CT molecular complexity index is 422. The number of carbonyl (C=O) groups is 2. The van der Waals surface area contributed by atoms with Crippen LogP contribution in [-0.2, 0) is 9.59 Å². The Morgan fingerprint density at radius 3 is 0.913 bits per heavy atom. The number of halogens is 6. The highest BCUT2D eigenvalue weighted by molar-refractivity contribution is 5.82. The first-order valence-corrected chi connectivity index (χ1v) is 4.64. The highest BCUT2D eigenvalue weighted by Crippen LogP contribution is 2.45.